The SMILES string of the molecule is CCc1nc(C(C)C)c2ncn(C(C)c3cnccn3)c2n1. The maximum Gasteiger partial charge on any atom is 0.164 e. The molecule has 0 aromatic carbocycles. The van der Waals surface area contributed by atoms with Crippen molar-refractivity contribution < 1.29 is 0 Å². The highest BCUT2D eigenvalue weighted by Gasteiger charge is 2.19. The van der Waals surface area contributed by atoms with Gasteiger partial charge >= 0.3 is 0 Å². The van der Waals surface area contributed by atoms with Crippen LogP contribution in [-0.2, 0) is 6.42 Å². The highest BCUT2D eigenvalue weighted by Crippen LogP contribution is 2.25. The van der Waals surface area contributed by atoms with Crippen molar-refractivity contribution in [1.29, 1.82) is 0 Å². The van der Waals surface area contributed by atoms with Crippen LogP contribution in [0.4, 0.5) is 0 Å². The zero-order valence-corrected chi connectivity index (χ0v) is 13.4. The molecule has 1 unspecified atom stereocenters. The predicted octanol–water partition coefficient (Wildman–Crippen LogP) is 2.91. The van der Waals surface area contributed by atoms with Crippen LogP contribution in [0, 0.1) is 0 Å². The Balaban J connectivity index is 2.17. The monoisotopic (exact) mass is 296 g/mol. The van der Waals surface area contributed by atoms with E-state index in [1.165, 1.54) is 0 Å². The topological polar surface area (TPSA) is 69.4 Å². The minimum atomic E-state index is 0.0262. The van der Waals surface area contributed by atoms with Gasteiger partial charge in [-0.15, -0.1) is 0 Å². The summed E-state index contributed by atoms with van der Waals surface area (Å²) >= 11 is 0. The van der Waals surface area contributed by atoms with Gasteiger partial charge in [-0.25, -0.2) is 15.0 Å². The van der Waals surface area contributed by atoms with Gasteiger partial charge in [-0.1, -0.05) is 20.8 Å². The first kappa shape index (κ1) is 14.6. The van der Waals surface area contributed by atoms with E-state index in [1.54, 1.807) is 18.6 Å². The average molecular weight is 296 g/mol. The Hall–Kier alpha value is -2.37. The van der Waals surface area contributed by atoms with Crippen LogP contribution in [0.3, 0.4) is 0 Å². The Kier molecular flexibility index (Phi) is 3.83. The third-order valence-corrected chi connectivity index (χ3v) is 3.79. The Morgan fingerprint density at radius 1 is 1.09 bits per heavy atom. The molecule has 0 spiro atoms. The number of rotatable bonds is 4. The van der Waals surface area contributed by atoms with Gasteiger partial charge in [0.05, 0.1) is 30.0 Å². The molecule has 0 N–H and O–H groups in total. The minimum absolute atomic E-state index is 0.0262. The molecule has 114 valence electrons. The number of imidazole rings is 1. The van der Waals surface area contributed by atoms with Gasteiger partial charge in [0, 0.05) is 18.8 Å². The van der Waals surface area contributed by atoms with Crippen molar-refractivity contribution in [3.8, 4) is 0 Å². The van der Waals surface area contributed by atoms with E-state index >= 15 is 0 Å². The molecule has 3 aromatic heterocycles. The number of fused-ring (bicyclic) bond motifs is 1. The van der Waals surface area contributed by atoms with Crippen molar-refractivity contribution in [3.63, 3.8) is 0 Å². The fourth-order valence-electron chi connectivity index (χ4n) is 2.50. The summed E-state index contributed by atoms with van der Waals surface area (Å²) in [5.41, 5.74) is 3.65. The first-order chi connectivity index (χ1) is 10.6. The van der Waals surface area contributed by atoms with Gasteiger partial charge in [-0.05, 0) is 12.8 Å². The molecule has 3 rings (SSSR count). The van der Waals surface area contributed by atoms with Crippen LogP contribution in [0.25, 0.3) is 11.2 Å². The van der Waals surface area contributed by atoms with Crippen LogP contribution in [0.1, 0.15) is 56.9 Å². The molecule has 1 atom stereocenters. The summed E-state index contributed by atoms with van der Waals surface area (Å²) in [6, 6.07) is 0.0262. The fraction of sp³-hybridized carbons (Fsp3) is 0.438. The van der Waals surface area contributed by atoms with Crippen molar-refractivity contribution in [2.24, 2.45) is 0 Å². The second kappa shape index (κ2) is 5.79. The van der Waals surface area contributed by atoms with E-state index in [9.17, 15) is 0 Å². The molecular formula is C16H20N6. The third kappa shape index (κ3) is 2.45. The Bertz CT molecular complexity index is 778. The molecule has 6 heteroatoms. The van der Waals surface area contributed by atoms with Crippen LogP contribution in [0.5, 0.6) is 0 Å². The molecule has 6 nitrogen and oxygen atoms in total. The van der Waals surface area contributed by atoms with Crippen LogP contribution in [0.15, 0.2) is 24.9 Å². The molecule has 0 fully saturated rings. The van der Waals surface area contributed by atoms with E-state index in [1.807, 2.05) is 10.9 Å². The van der Waals surface area contributed by atoms with Gasteiger partial charge in [0.2, 0.25) is 0 Å². The lowest BCUT2D eigenvalue weighted by molar-refractivity contribution is 0.627. The van der Waals surface area contributed by atoms with Crippen LogP contribution in [-0.4, -0.2) is 29.5 Å². The number of aromatic nitrogens is 6. The second-order valence-electron chi connectivity index (χ2n) is 5.66. The van der Waals surface area contributed by atoms with Gasteiger partial charge in [0.25, 0.3) is 0 Å². The van der Waals surface area contributed by atoms with E-state index in [0.717, 1.165) is 34.8 Å². The highest BCUT2D eigenvalue weighted by molar-refractivity contribution is 5.74. The molecule has 0 aliphatic carbocycles. The summed E-state index contributed by atoms with van der Waals surface area (Å²) in [6.45, 7) is 8.41. The summed E-state index contributed by atoms with van der Waals surface area (Å²) < 4.78 is 2.05. The molecule has 0 saturated carbocycles. The summed E-state index contributed by atoms with van der Waals surface area (Å²) in [5.74, 6) is 1.16. The average Bonchev–Trinajstić information content (AvgIpc) is 2.97. The molecule has 0 saturated heterocycles. The number of hydrogen-bond acceptors (Lipinski definition) is 5. The lowest BCUT2D eigenvalue weighted by Gasteiger charge is -2.14. The molecule has 0 bridgehead atoms. The normalized spacial score (nSPS) is 13.0. The highest BCUT2D eigenvalue weighted by atomic mass is 15.1. The van der Waals surface area contributed by atoms with Gasteiger partial charge < -0.3 is 4.57 Å². The molecular weight excluding hydrogens is 276 g/mol. The first-order valence-corrected chi connectivity index (χ1v) is 7.61. The van der Waals surface area contributed by atoms with E-state index in [0.29, 0.717) is 5.92 Å². The van der Waals surface area contributed by atoms with E-state index in [2.05, 4.69) is 52.6 Å². The number of aryl methyl sites for hydroxylation is 1. The number of hydrogen-bond donors (Lipinski definition) is 0. The Morgan fingerprint density at radius 3 is 2.55 bits per heavy atom. The van der Waals surface area contributed by atoms with E-state index in [-0.39, 0.29) is 6.04 Å². The second-order valence-corrected chi connectivity index (χ2v) is 5.66. The first-order valence-electron chi connectivity index (χ1n) is 7.61. The maximum atomic E-state index is 4.68. The summed E-state index contributed by atoms with van der Waals surface area (Å²) in [6.07, 6.45) is 7.79. The fourth-order valence-corrected chi connectivity index (χ4v) is 2.50. The third-order valence-electron chi connectivity index (χ3n) is 3.79. The van der Waals surface area contributed by atoms with Crippen molar-refractivity contribution in [3.05, 3.63) is 42.1 Å². The lowest BCUT2D eigenvalue weighted by Crippen LogP contribution is -2.10. The zero-order chi connectivity index (χ0) is 15.7. The Labute approximate surface area is 129 Å². The molecule has 0 aliphatic rings. The smallest absolute Gasteiger partial charge is 0.164 e. The van der Waals surface area contributed by atoms with Crippen LogP contribution in [0.2, 0.25) is 0 Å². The molecule has 0 amide bonds. The Morgan fingerprint density at radius 2 is 1.91 bits per heavy atom. The lowest BCUT2D eigenvalue weighted by atomic mass is 10.1. The van der Waals surface area contributed by atoms with Crippen molar-refractivity contribution >= 4 is 11.2 Å². The van der Waals surface area contributed by atoms with Gasteiger partial charge in [-0.3, -0.25) is 9.97 Å². The van der Waals surface area contributed by atoms with Gasteiger partial charge in [-0.2, -0.15) is 0 Å². The van der Waals surface area contributed by atoms with E-state index in [4.69, 9.17) is 0 Å². The molecule has 0 radical (unpaired) electrons. The quantitative estimate of drug-likeness (QED) is 0.740. The largest absolute Gasteiger partial charge is 0.306 e. The van der Waals surface area contributed by atoms with Crippen LogP contribution >= 0.6 is 0 Å². The maximum absolute atomic E-state index is 4.68. The zero-order valence-electron chi connectivity index (χ0n) is 13.4. The van der Waals surface area contributed by atoms with Gasteiger partial charge in [0.15, 0.2) is 5.65 Å². The van der Waals surface area contributed by atoms with Crippen LogP contribution < -0.4 is 0 Å². The summed E-state index contributed by atoms with van der Waals surface area (Å²) in [4.78, 5) is 22.4. The van der Waals surface area contributed by atoms with Gasteiger partial charge in [0.1, 0.15) is 11.3 Å². The molecule has 3 aromatic rings. The van der Waals surface area contributed by atoms with Crippen molar-refractivity contribution in [2.45, 2.75) is 46.1 Å². The van der Waals surface area contributed by atoms with Crippen molar-refractivity contribution in [1.82, 2.24) is 29.5 Å². The summed E-state index contributed by atoms with van der Waals surface area (Å²) in [7, 11) is 0. The predicted molar refractivity (Wildman–Crippen MR) is 84.6 cm³/mol. The summed E-state index contributed by atoms with van der Waals surface area (Å²) in [5, 5.41) is 0. The molecule has 3 heterocycles. The van der Waals surface area contributed by atoms with Crippen molar-refractivity contribution in [2.75, 3.05) is 0 Å². The number of nitrogens with zero attached hydrogens (tertiary/aromatic N) is 6. The standard InChI is InChI=1S/C16H20N6/c1-5-13-20-14(10(2)3)15-16(21-13)22(9-19-15)11(4)12-8-17-6-7-18-12/h6-11H,5H2,1-4H3. The van der Waals surface area contributed by atoms with E-state index < -0.39 is 0 Å². The minimum Gasteiger partial charge on any atom is -0.306 e. The molecule has 0 aliphatic heterocycles. The molecule has 22 heavy (non-hydrogen) atoms.